The number of benzene rings is 1. The van der Waals surface area contributed by atoms with E-state index < -0.39 is 0 Å². The molecule has 7 heteroatoms. The summed E-state index contributed by atoms with van der Waals surface area (Å²) in [6, 6.07) is 7.63. The Morgan fingerprint density at radius 1 is 1.33 bits per heavy atom. The van der Waals surface area contributed by atoms with Gasteiger partial charge in [0.15, 0.2) is 11.5 Å². The normalized spacial score (nSPS) is 16.3. The highest BCUT2D eigenvalue weighted by Crippen LogP contribution is 2.29. The molecule has 2 aromatic rings. The van der Waals surface area contributed by atoms with Crippen LogP contribution in [0.15, 0.2) is 24.3 Å². The SMILES string of the molecule is COc1cc(CNC(=O)Cn2nc(C)cc2C)ccc1OCC1CCCO1. The number of carbonyl (C=O) groups excluding carboxylic acids is 1. The van der Waals surface area contributed by atoms with Gasteiger partial charge in [0.05, 0.1) is 18.9 Å². The predicted molar refractivity (Wildman–Crippen MR) is 101 cm³/mol. The number of carbonyl (C=O) groups is 1. The Morgan fingerprint density at radius 2 is 2.19 bits per heavy atom. The molecule has 2 heterocycles. The van der Waals surface area contributed by atoms with Gasteiger partial charge in [-0.15, -0.1) is 0 Å². The van der Waals surface area contributed by atoms with Crippen LogP contribution in [0.1, 0.15) is 29.8 Å². The molecule has 1 fully saturated rings. The highest BCUT2D eigenvalue weighted by molar-refractivity contribution is 5.75. The van der Waals surface area contributed by atoms with Crippen molar-refractivity contribution in [2.75, 3.05) is 20.3 Å². The molecule has 1 aliphatic rings. The molecular formula is C20H27N3O4. The van der Waals surface area contributed by atoms with Crippen molar-refractivity contribution in [1.29, 1.82) is 0 Å². The van der Waals surface area contributed by atoms with E-state index in [0.29, 0.717) is 24.7 Å². The van der Waals surface area contributed by atoms with Gasteiger partial charge in [0.2, 0.25) is 5.91 Å². The van der Waals surface area contributed by atoms with Gasteiger partial charge in [0.25, 0.3) is 0 Å². The molecule has 1 aliphatic heterocycles. The van der Waals surface area contributed by atoms with E-state index in [-0.39, 0.29) is 18.6 Å². The van der Waals surface area contributed by atoms with Crippen LogP contribution in [0.3, 0.4) is 0 Å². The summed E-state index contributed by atoms with van der Waals surface area (Å²) in [4.78, 5) is 12.2. The molecule has 0 radical (unpaired) electrons. The minimum atomic E-state index is -0.0844. The molecular weight excluding hydrogens is 346 g/mol. The molecule has 1 saturated heterocycles. The van der Waals surface area contributed by atoms with Crippen LogP contribution in [0.4, 0.5) is 0 Å². The summed E-state index contributed by atoms with van der Waals surface area (Å²) in [5.41, 5.74) is 2.82. The van der Waals surface area contributed by atoms with Crippen LogP contribution < -0.4 is 14.8 Å². The van der Waals surface area contributed by atoms with Gasteiger partial charge in [0.1, 0.15) is 13.2 Å². The number of nitrogens with zero attached hydrogens (tertiary/aromatic N) is 2. The number of ether oxygens (including phenoxy) is 3. The molecule has 1 aromatic carbocycles. The van der Waals surface area contributed by atoms with Crippen molar-refractivity contribution in [3.63, 3.8) is 0 Å². The first-order valence-electron chi connectivity index (χ1n) is 9.24. The summed E-state index contributed by atoms with van der Waals surface area (Å²) in [7, 11) is 1.61. The fraction of sp³-hybridized carbons (Fsp3) is 0.500. The zero-order valence-electron chi connectivity index (χ0n) is 16.2. The van der Waals surface area contributed by atoms with E-state index in [2.05, 4.69) is 10.4 Å². The van der Waals surface area contributed by atoms with E-state index in [0.717, 1.165) is 36.4 Å². The molecule has 0 bridgehead atoms. The van der Waals surface area contributed by atoms with Crippen LogP contribution in [0, 0.1) is 13.8 Å². The maximum absolute atomic E-state index is 12.2. The lowest BCUT2D eigenvalue weighted by atomic mass is 10.2. The van der Waals surface area contributed by atoms with Gasteiger partial charge in [-0.3, -0.25) is 9.48 Å². The minimum Gasteiger partial charge on any atom is -0.493 e. The molecule has 3 rings (SSSR count). The quantitative estimate of drug-likeness (QED) is 0.769. The lowest BCUT2D eigenvalue weighted by molar-refractivity contribution is -0.122. The zero-order valence-corrected chi connectivity index (χ0v) is 16.2. The minimum absolute atomic E-state index is 0.0844. The van der Waals surface area contributed by atoms with E-state index in [1.807, 2.05) is 38.1 Å². The van der Waals surface area contributed by atoms with Gasteiger partial charge in [-0.25, -0.2) is 0 Å². The van der Waals surface area contributed by atoms with Crippen LogP contribution in [0.2, 0.25) is 0 Å². The standard InChI is InChI=1S/C20H27N3O4/c1-14-9-15(2)23(22-14)12-20(24)21-11-16-6-7-18(19(10-16)25-3)27-13-17-5-4-8-26-17/h6-7,9-10,17H,4-5,8,11-13H2,1-3H3,(H,21,24). The average Bonchev–Trinajstić information content (AvgIpc) is 3.28. The van der Waals surface area contributed by atoms with Gasteiger partial charge >= 0.3 is 0 Å². The molecule has 0 saturated carbocycles. The average molecular weight is 373 g/mol. The van der Waals surface area contributed by atoms with E-state index in [9.17, 15) is 4.79 Å². The lowest BCUT2D eigenvalue weighted by Crippen LogP contribution is -2.28. The molecule has 7 nitrogen and oxygen atoms in total. The van der Waals surface area contributed by atoms with E-state index in [1.54, 1.807) is 11.8 Å². The van der Waals surface area contributed by atoms with E-state index in [4.69, 9.17) is 14.2 Å². The summed E-state index contributed by atoms with van der Waals surface area (Å²) < 4.78 is 18.5. The van der Waals surface area contributed by atoms with Crippen molar-refractivity contribution in [3.05, 3.63) is 41.2 Å². The largest absolute Gasteiger partial charge is 0.493 e. The third-order valence-corrected chi connectivity index (χ3v) is 4.56. The van der Waals surface area contributed by atoms with Crippen LogP contribution in [-0.2, 0) is 22.6 Å². The molecule has 1 atom stereocenters. The number of amides is 1. The summed E-state index contributed by atoms with van der Waals surface area (Å²) >= 11 is 0. The first kappa shape index (κ1) is 19.2. The Morgan fingerprint density at radius 3 is 2.85 bits per heavy atom. The van der Waals surface area contributed by atoms with Crippen LogP contribution in [0.25, 0.3) is 0 Å². The van der Waals surface area contributed by atoms with Crippen molar-refractivity contribution >= 4 is 5.91 Å². The van der Waals surface area contributed by atoms with E-state index in [1.165, 1.54) is 0 Å². The zero-order chi connectivity index (χ0) is 19.2. The monoisotopic (exact) mass is 373 g/mol. The second-order valence-corrected chi connectivity index (χ2v) is 6.79. The molecule has 1 N–H and O–H groups in total. The summed E-state index contributed by atoms with van der Waals surface area (Å²) in [6.45, 7) is 5.81. The third kappa shape index (κ3) is 5.23. The fourth-order valence-electron chi connectivity index (χ4n) is 3.13. The molecule has 1 aromatic heterocycles. The smallest absolute Gasteiger partial charge is 0.242 e. The molecule has 27 heavy (non-hydrogen) atoms. The van der Waals surface area contributed by atoms with Crippen molar-refractivity contribution < 1.29 is 19.0 Å². The first-order chi connectivity index (χ1) is 13.0. The van der Waals surface area contributed by atoms with E-state index >= 15 is 0 Å². The topological polar surface area (TPSA) is 74.6 Å². The number of methoxy groups -OCH3 is 1. The Bertz CT molecular complexity index is 782. The fourth-order valence-corrected chi connectivity index (χ4v) is 3.13. The maximum Gasteiger partial charge on any atom is 0.242 e. The first-order valence-corrected chi connectivity index (χ1v) is 9.24. The molecule has 0 spiro atoms. The van der Waals surface area contributed by atoms with Crippen LogP contribution in [-0.4, -0.2) is 42.1 Å². The molecule has 1 amide bonds. The van der Waals surface area contributed by atoms with Gasteiger partial charge in [0, 0.05) is 18.8 Å². The number of hydrogen-bond acceptors (Lipinski definition) is 5. The summed E-state index contributed by atoms with van der Waals surface area (Å²) in [5.74, 6) is 1.25. The van der Waals surface area contributed by atoms with Gasteiger partial charge < -0.3 is 19.5 Å². The molecule has 0 aliphatic carbocycles. The number of aryl methyl sites for hydroxylation is 2. The lowest BCUT2D eigenvalue weighted by Gasteiger charge is -2.15. The van der Waals surface area contributed by atoms with Crippen LogP contribution in [0.5, 0.6) is 11.5 Å². The highest BCUT2D eigenvalue weighted by atomic mass is 16.5. The summed E-state index contributed by atoms with van der Waals surface area (Å²) in [5, 5.41) is 7.22. The van der Waals surface area contributed by atoms with Crippen molar-refractivity contribution in [3.8, 4) is 11.5 Å². The second-order valence-electron chi connectivity index (χ2n) is 6.79. The van der Waals surface area contributed by atoms with Gasteiger partial charge in [-0.1, -0.05) is 6.07 Å². The second kappa shape index (κ2) is 8.90. The highest BCUT2D eigenvalue weighted by Gasteiger charge is 2.17. The Hall–Kier alpha value is -2.54. The summed E-state index contributed by atoms with van der Waals surface area (Å²) in [6.07, 6.45) is 2.27. The number of aromatic nitrogens is 2. The number of rotatable bonds is 8. The van der Waals surface area contributed by atoms with Gasteiger partial charge in [-0.2, -0.15) is 5.10 Å². The molecule has 1 unspecified atom stereocenters. The Labute approximate surface area is 159 Å². The Balaban J connectivity index is 1.53. The molecule has 146 valence electrons. The maximum atomic E-state index is 12.2. The van der Waals surface area contributed by atoms with Crippen molar-refractivity contribution in [1.82, 2.24) is 15.1 Å². The van der Waals surface area contributed by atoms with Gasteiger partial charge in [-0.05, 0) is 50.5 Å². The third-order valence-electron chi connectivity index (χ3n) is 4.56. The predicted octanol–water partition coefficient (Wildman–Crippen LogP) is 2.38. The Kier molecular flexibility index (Phi) is 6.34. The number of nitrogens with one attached hydrogen (secondary N) is 1. The number of hydrogen-bond donors (Lipinski definition) is 1. The van der Waals surface area contributed by atoms with Crippen molar-refractivity contribution in [2.45, 2.75) is 45.9 Å². The van der Waals surface area contributed by atoms with Crippen LogP contribution >= 0.6 is 0 Å². The van der Waals surface area contributed by atoms with Crippen molar-refractivity contribution in [2.24, 2.45) is 0 Å².